The fraction of sp³-hybridized carbons (Fsp3) is 0.500. The van der Waals surface area contributed by atoms with Crippen molar-refractivity contribution in [3.05, 3.63) is 23.6 Å². The molecule has 1 N–H and O–H groups in total. The third kappa shape index (κ3) is 3.68. The number of nitrogens with one attached hydrogen (secondary N) is 1. The van der Waals surface area contributed by atoms with Gasteiger partial charge in [-0.3, -0.25) is 0 Å². The standard InChI is InChI=1S/C12H19N5OS/c1-16(2)12-15-11(18-3)10(19-12)8-13-4-6-17-7-5-14-9-17/h5,7,9,13H,4,6,8H2,1-3H3. The van der Waals surface area contributed by atoms with Crippen LogP contribution >= 0.6 is 11.3 Å². The molecule has 6 nitrogen and oxygen atoms in total. The quantitative estimate of drug-likeness (QED) is 0.773. The lowest BCUT2D eigenvalue weighted by Crippen LogP contribution is -2.18. The highest BCUT2D eigenvalue weighted by Crippen LogP contribution is 2.29. The Morgan fingerprint density at radius 1 is 1.47 bits per heavy atom. The lowest BCUT2D eigenvalue weighted by molar-refractivity contribution is 0.394. The molecule has 0 aliphatic rings. The number of ether oxygens (including phenoxy) is 1. The van der Waals surface area contributed by atoms with E-state index in [1.165, 1.54) is 0 Å². The van der Waals surface area contributed by atoms with Crippen molar-refractivity contribution in [3.63, 3.8) is 0 Å². The molecule has 0 unspecified atom stereocenters. The summed E-state index contributed by atoms with van der Waals surface area (Å²) in [5.74, 6) is 0.712. The van der Waals surface area contributed by atoms with Gasteiger partial charge >= 0.3 is 0 Å². The van der Waals surface area contributed by atoms with E-state index in [1.807, 2.05) is 36.1 Å². The van der Waals surface area contributed by atoms with Crippen LogP contribution in [0.1, 0.15) is 4.88 Å². The van der Waals surface area contributed by atoms with Crippen molar-refractivity contribution in [1.82, 2.24) is 19.9 Å². The van der Waals surface area contributed by atoms with E-state index in [4.69, 9.17) is 4.74 Å². The van der Waals surface area contributed by atoms with Crippen LogP contribution in [-0.4, -0.2) is 42.3 Å². The minimum atomic E-state index is 0.712. The minimum absolute atomic E-state index is 0.712. The molecule has 104 valence electrons. The third-order valence-electron chi connectivity index (χ3n) is 2.62. The lowest BCUT2D eigenvalue weighted by Gasteiger charge is -2.05. The summed E-state index contributed by atoms with van der Waals surface area (Å²) in [5.41, 5.74) is 0. The number of nitrogens with zero attached hydrogens (tertiary/aromatic N) is 4. The van der Waals surface area contributed by atoms with E-state index in [1.54, 1.807) is 24.6 Å². The summed E-state index contributed by atoms with van der Waals surface area (Å²) in [6.45, 7) is 2.56. The molecule has 0 atom stereocenters. The lowest BCUT2D eigenvalue weighted by atomic mass is 10.5. The first-order valence-electron chi connectivity index (χ1n) is 6.08. The summed E-state index contributed by atoms with van der Waals surface area (Å²) in [4.78, 5) is 11.5. The first kappa shape index (κ1) is 13.8. The second-order valence-corrected chi connectivity index (χ2v) is 5.36. The second kappa shape index (κ2) is 6.53. The van der Waals surface area contributed by atoms with Gasteiger partial charge in [0.2, 0.25) is 5.88 Å². The summed E-state index contributed by atoms with van der Waals surface area (Å²) in [7, 11) is 5.62. The SMILES string of the molecule is COc1nc(N(C)C)sc1CNCCn1ccnc1. The molecule has 0 bridgehead atoms. The highest BCUT2D eigenvalue weighted by molar-refractivity contribution is 7.15. The molecule has 0 amide bonds. The molecule has 0 spiro atoms. The van der Waals surface area contributed by atoms with E-state index < -0.39 is 0 Å². The van der Waals surface area contributed by atoms with Crippen molar-refractivity contribution in [3.8, 4) is 5.88 Å². The maximum Gasteiger partial charge on any atom is 0.230 e. The minimum Gasteiger partial charge on any atom is -0.480 e. The Morgan fingerprint density at radius 2 is 2.32 bits per heavy atom. The van der Waals surface area contributed by atoms with Crippen molar-refractivity contribution in [1.29, 1.82) is 0 Å². The van der Waals surface area contributed by atoms with Gasteiger partial charge in [0.1, 0.15) is 0 Å². The zero-order valence-electron chi connectivity index (χ0n) is 11.5. The fourth-order valence-electron chi connectivity index (χ4n) is 1.62. The molecule has 0 aromatic carbocycles. The van der Waals surface area contributed by atoms with Crippen LogP contribution in [0.4, 0.5) is 5.13 Å². The number of methoxy groups -OCH3 is 1. The first-order chi connectivity index (χ1) is 9.20. The number of imidazole rings is 1. The molecule has 19 heavy (non-hydrogen) atoms. The number of aromatic nitrogens is 3. The van der Waals surface area contributed by atoms with Gasteiger partial charge in [0, 0.05) is 46.1 Å². The Morgan fingerprint density at radius 3 is 2.95 bits per heavy atom. The molecule has 0 radical (unpaired) electrons. The molecule has 0 fully saturated rings. The van der Waals surface area contributed by atoms with Gasteiger partial charge in [0.25, 0.3) is 0 Å². The highest BCUT2D eigenvalue weighted by Gasteiger charge is 2.12. The van der Waals surface area contributed by atoms with Gasteiger partial charge < -0.3 is 19.5 Å². The van der Waals surface area contributed by atoms with Gasteiger partial charge in [0.05, 0.1) is 18.3 Å². The Balaban J connectivity index is 1.84. The summed E-state index contributed by atoms with van der Waals surface area (Å²) >= 11 is 1.65. The maximum atomic E-state index is 5.30. The van der Waals surface area contributed by atoms with Crippen LogP contribution in [0.15, 0.2) is 18.7 Å². The topological polar surface area (TPSA) is 55.2 Å². The van der Waals surface area contributed by atoms with Crippen molar-refractivity contribution in [2.24, 2.45) is 0 Å². The molecule has 7 heteroatoms. The fourth-order valence-corrected chi connectivity index (χ4v) is 2.54. The normalized spacial score (nSPS) is 10.7. The number of thiazole rings is 1. The van der Waals surface area contributed by atoms with Gasteiger partial charge in [-0.15, -0.1) is 0 Å². The van der Waals surface area contributed by atoms with Crippen LogP contribution in [-0.2, 0) is 13.1 Å². The average Bonchev–Trinajstić information content (AvgIpc) is 3.03. The Hall–Kier alpha value is -1.60. The predicted octanol–water partition coefficient (Wildman–Crippen LogP) is 1.20. The number of anilines is 1. The summed E-state index contributed by atoms with van der Waals surface area (Å²) in [6, 6.07) is 0. The number of rotatable bonds is 7. The zero-order valence-corrected chi connectivity index (χ0v) is 12.3. The molecule has 2 aromatic heterocycles. The predicted molar refractivity (Wildman–Crippen MR) is 76.9 cm³/mol. The summed E-state index contributed by atoms with van der Waals surface area (Å²) < 4.78 is 7.34. The van der Waals surface area contributed by atoms with E-state index in [2.05, 4.69) is 15.3 Å². The first-order valence-corrected chi connectivity index (χ1v) is 6.90. The molecule has 2 aromatic rings. The van der Waals surface area contributed by atoms with Crippen molar-refractivity contribution in [2.45, 2.75) is 13.1 Å². The number of hydrogen-bond donors (Lipinski definition) is 1. The summed E-state index contributed by atoms with van der Waals surface area (Å²) in [6.07, 6.45) is 5.56. The van der Waals surface area contributed by atoms with Crippen molar-refractivity contribution >= 4 is 16.5 Å². The van der Waals surface area contributed by atoms with E-state index in [-0.39, 0.29) is 0 Å². The monoisotopic (exact) mass is 281 g/mol. The van der Waals surface area contributed by atoms with Crippen LogP contribution < -0.4 is 15.0 Å². The van der Waals surface area contributed by atoms with Crippen LogP contribution in [0.25, 0.3) is 0 Å². The molecule has 0 aliphatic heterocycles. The molecule has 0 saturated carbocycles. The number of hydrogen-bond acceptors (Lipinski definition) is 6. The molecular weight excluding hydrogens is 262 g/mol. The molecular formula is C12H19N5OS. The molecule has 2 rings (SSSR count). The van der Waals surface area contributed by atoms with Crippen LogP contribution in [0.2, 0.25) is 0 Å². The highest BCUT2D eigenvalue weighted by atomic mass is 32.1. The maximum absolute atomic E-state index is 5.30. The molecule has 0 aliphatic carbocycles. The zero-order chi connectivity index (χ0) is 13.7. The van der Waals surface area contributed by atoms with Crippen LogP contribution in [0.3, 0.4) is 0 Å². The Kier molecular flexibility index (Phi) is 4.75. The average molecular weight is 281 g/mol. The smallest absolute Gasteiger partial charge is 0.230 e. The molecule has 0 saturated heterocycles. The van der Waals surface area contributed by atoms with Crippen LogP contribution in [0.5, 0.6) is 5.88 Å². The third-order valence-corrected chi connectivity index (χ3v) is 3.82. The van der Waals surface area contributed by atoms with Crippen LogP contribution in [0, 0.1) is 0 Å². The van der Waals surface area contributed by atoms with Gasteiger partial charge in [-0.05, 0) is 0 Å². The van der Waals surface area contributed by atoms with Gasteiger partial charge in [-0.25, -0.2) is 4.98 Å². The van der Waals surface area contributed by atoms with E-state index >= 15 is 0 Å². The second-order valence-electron chi connectivity index (χ2n) is 4.30. The van der Waals surface area contributed by atoms with E-state index in [9.17, 15) is 0 Å². The van der Waals surface area contributed by atoms with E-state index in [0.29, 0.717) is 5.88 Å². The van der Waals surface area contributed by atoms with Crippen molar-refractivity contribution in [2.75, 3.05) is 32.6 Å². The Labute approximate surface area is 117 Å². The summed E-state index contributed by atoms with van der Waals surface area (Å²) in [5, 5.41) is 4.35. The van der Waals surface area contributed by atoms with Gasteiger partial charge in [0.15, 0.2) is 5.13 Å². The van der Waals surface area contributed by atoms with E-state index in [0.717, 1.165) is 29.6 Å². The largest absolute Gasteiger partial charge is 0.480 e. The van der Waals surface area contributed by atoms with Crippen molar-refractivity contribution < 1.29 is 4.74 Å². The Bertz CT molecular complexity index is 494. The molecule has 2 heterocycles. The van der Waals surface area contributed by atoms with Gasteiger partial charge in [-0.2, -0.15) is 4.98 Å². The van der Waals surface area contributed by atoms with Gasteiger partial charge in [-0.1, -0.05) is 11.3 Å².